The Morgan fingerprint density at radius 3 is 3.05 bits per heavy atom. The quantitative estimate of drug-likeness (QED) is 0.454. The highest BCUT2D eigenvalue weighted by molar-refractivity contribution is 9.10. The SMILES string of the molecule is CCCn1ccnc1C(CSc1cccc(Br)c1)NN. The number of thioether (sulfide) groups is 1. The largest absolute Gasteiger partial charge is 0.334 e. The van der Waals surface area contributed by atoms with Gasteiger partial charge in [0.15, 0.2) is 0 Å². The first-order valence-electron chi connectivity index (χ1n) is 6.60. The van der Waals surface area contributed by atoms with Crippen molar-refractivity contribution < 1.29 is 0 Å². The summed E-state index contributed by atoms with van der Waals surface area (Å²) in [5.41, 5.74) is 2.87. The molecule has 2 aromatic rings. The average molecular weight is 355 g/mol. The molecule has 0 amide bonds. The molecule has 20 heavy (non-hydrogen) atoms. The highest BCUT2D eigenvalue weighted by Crippen LogP contribution is 2.26. The summed E-state index contributed by atoms with van der Waals surface area (Å²) in [5, 5.41) is 0. The summed E-state index contributed by atoms with van der Waals surface area (Å²) in [6.07, 6.45) is 4.92. The molecule has 0 aliphatic rings. The van der Waals surface area contributed by atoms with Crippen molar-refractivity contribution >= 4 is 27.7 Å². The Morgan fingerprint density at radius 2 is 2.35 bits per heavy atom. The summed E-state index contributed by atoms with van der Waals surface area (Å²) in [7, 11) is 0. The summed E-state index contributed by atoms with van der Waals surface area (Å²) in [6.45, 7) is 3.12. The molecule has 0 saturated carbocycles. The molecule has 0 spiro atoms. The van der Waals surface area contributed by atoms with E-state index in [-0.39, 0.29) is 6.04 Å². The second-order valence-electron chi connectivity index (χ2n) is 4.47. The molecule has 0 aliphatic carbocycles. The first-order chi connectivity index (χ1) is 9.74. The fourth-order valence-corrected chi connectivity index (χ4v) is 3.53. The van der Waals surface area contributed by atoms with Crippen LogP contribution in [0.2, 0.25) is 0 Å². The lowest BCUT2D eigenvalue weighted by molar-refractivity contribution is 0.528. The van der Waals surface area contributed by atoms with Gasteiger partial charge >= 0.3 is 0 Å². The summed E-state index contributed by atoms with van der Waals surface area (Å²) in [5.74, 6) is 7.54. The molecule has 1 unspecified atom stereocenters. The van der Waals surface area contributed by atoms with Gasteiger partial charge in [-0.15, -0.1) is 11.8 Å². The van der Waals surface area contributed by atoms with Crippen LogP contribution in [0.5, 0.6) is 0 Å². The number of nitrogens with zero attached hydrogens (tertiary/aromatic N) is 2. The van der Waals surface area contributed by atoms with E-state index in [1.807, 2.05) is 24.5 Å². The number of nitrogens with two attached hydrogens (primary N) is 1. The molecule has 3 N–H and O–H groups in total. The van der Waals surface area contributed by atoms with E-state index in [4.69, 9.17) is 5.84 Å². The van der Waals surface area contributed by atoms with Gasteiger partial charge in [0.05, 0.1) is 6.04 Å². The summed E-state index contributed by atoms with van der Waals surface area (Å²) in [6, 6.07) is 8.31. The van der Waals surface area contributed by atoms with Gasteiger partial charge in [0, 0.05) is 34.1 Å². The zero-order chi connectivity index (χ0) is 14.4. The minimum absolute atomic E-state index is 0.0422. The highest BCUT2D eigenvalue weighted by Gasteiger charge is 2.15. The summed E-state index contributed by atoms with van der Waals surface area (Å²) < 4.78 is 3.25. The maximum Gasteiger partial charge on any atom is 0.128 e. The highest BCUT2D eigenvalue weighted by atomic mass is 79.9. The van der Waals surface area contributed by atoms with Crippen LogP contribution in [0.4, 0.5) is 0 Å². The van der Waals surface area contributed by atoms with E-state index >= 15 is 0 Å². The molecular weight excluding hydrogens is 336 g/mol. The standard InChI is InChI=1S/C14H19BrN4S/c1-2-7-19-8-6-17-14(19)13(18-16)10-20-12-5-3-4-11(15)9-12/h3-6,8-9,13,18H,2,7,10,16H2,1H3. The van der Waals surface area contributed by atoms with E-state index in [0.29, 0.717) is 0 Å². The number of aryl methyl sites for hydroxylation is 1. The van der Waals surface area contributed by atoms with E-state index in [9.17, 15) is 0 Å². The number of benzene rings is 1. The van der Waals surface area contributed by atoms with Crippen molar-refractivity contribution in [3.8, 4) is 0 Å². The molecule has 6 heteroatoms. The minimum atomic E-state index is 0.0422. The lowest BCUT2D eigenvalue weighted by Gasteiger charge is -2.17. The smallest absolute Gasteiger partial charge is 0.128 e. The Hall–Kier alpha value is -0.820. The molecule has 2 rings (SSSR count). The van der Waals surface area contributed by atoms with E-state index in [1.165, 1.54) is 4.90 Å². The zero-order valence-electron chi connectivity index (χ0n) is 11.4. The Balaban J connectivity index is 2.03. The van der Waals surface area contributed by atoms with Crippen LogP contribution >= 0.6 is 27.7 Å². The molecule has 0 saturated heterocycles. The number of hydrazine groups is 1. The van der Waals surface area contributed by atoms with Crippen molar-refractivity contribution in [2.45, 2.75) is 30.8 Å². The van der Waals surface area contributed by atoms with Crippen LogP contribution in [0.3, 0.4) is 0 Å². The van der Waals surface area contributed by atoms with Crippen LogP contribution in [0.25, 0.3) is 0 Å². The Kier molecular flexibility index (Phi) is 6.09. The lowest BCUT2D eigenvalue weighted by Crippen LogP contribution is -2.32. The van der Waals surface area contributed by atoms with Gasteiger partial charge in [-0.1, -0.05) is 28.9 Å². The summed E-state index contributed by atoms with van der Waals surface area (Å²) in [4.78, 5) is 5.65. The second-order valence-corrected chi connectivity index (χ2v) is 6.48. The Morgan fingerprint density at radius 1 is 1.50 bits per heavy atom. The van der Waals surface area contributed by atoms with E-state index in [2.05, 4.69) is 50.0 Å². The third-order valence-electron chi connectivity index (χ3n) is 2.94. The van der Waals surface area contributed by atoms with Crippen LogP contribution in [-0.4, -0.2) is 15.3 Å². The second kappa shape index (κ2) is 7.83. The normalized spacial score (nSPS) is 12.6. The molecule has 4 nitrogen and oxygen atoms in total. The predicted octanol–water partition coefficient (Wildman–Crippen LogP) is 3.35. The number of nitrogens with one attached hydrogen (secondary N) is 1. The van der Waals surface area contributed by atoms with Gasteiger partial charge < -0.3 is 4.57 Å². The topological polar surface area (TPSA) is 55.9 Å². The first-order valence-corrected chi connectivity index (χ1v) is 8.38. The molecule has 0 fully saturated rings. The first kappa shape index (κ1) is 15.6. The fraction of sp³-hybridized carbons (Fsp3) is 0.357. The van der Waals surface area contributed by atoms with Gasteiger partial charge in [-0.2, -0.15) is 0 Å². The Bertz CT molecular complexity index is 543. The Labute approximate surface area is 132 Å². The molecule has 0 aliphatic heterocycles. The fourth-order valence-electron chi connectivity index (χ4n) is 1.99. The van der Waals surface area contributed by atoms with Gasteiger partial charge in [-0.25, -0.2) is 10.4 Å². The maximum absolute atomic E-state index is 5.70. The van der Waals surface area contributed by atoms with Crippen molar-refractivity contribution in [1.29, 1.82) is 0 Å². The zero-order valence-corrected chi connectivity index (χ0v) is 13.8. The molecule has 1 atom stereocenters. The molecule has 1 aromatic carbocycles. The molecule has 0 bridgehead atoms. The third-order valence-corrected chi connectivity index (χ3v) is 4.52. The number of hydrogen-bond donors (Lipinski definition) is 2. The number of aromatic nitrogens is 2. The van der Waals surface area contributed by atoms with Crippen molar-refractivity contribution in [3.05, 3.63) is 47.0 Å². The minimum Gasteiger partial charge on any atom is -0.334 e. The van der Waals surface area contributed by atoms with Gasteiger partial charge in [0.2, 0.25) is 0 Å². The number of halogens is 1. The van der Waals surface area contributed by atoms with Crippen LogP contribution in [-0.2, 0) is 6.54 Å². The third kappa shape index (κ3) is 4.09. The monoisotopic (exact) mass is 354 g/mol. The maximum atomic E-state index is 5.70. The predicted molar refractivity (Wildman–Crippen MR) is 87.4 cm³/mol. The van der Waals surface area contributed by atoms with Crippen molar-refractivity contribution in [2.75, 3.05) is 5.75 Å². The number of imidazole rings is 1. The van der Waals surface area contributed by atoms with E-state index < -0.39 is 0 Å². The van der Waals surface area contributed by atoms with Crippen molar-refractivity contribution in [1.82, 2.24) is 15.0 Å². The number of rotatable bonds is 7. The van der Waals surface area contributed by atoms with Gasteiger partial charge in [-0.05, 0) is 24.6 Å². The van der Waals surface area contributed by atoms with Crippen LogP contribution in [0.1, 0.15) is 25.2 Å². The number of hydrogen-bond acceptors (Lipinski definition) is 4. The molecular formula is C14H19BrN4S. The van der Waals surface area contributed by atoms with Crippen LogP contribution < -0.4 is 11.3 Å². The lowest BCUT2D eigenvalue weighted by atomic mass is 10.3. The van der Waals surface area contributed by atoms with Gasteiger partial charge in [0.25, 0.3) is 0 Å². The van der Waals surface area contributed by atoms with E-state index in [0.717, 1.165) is 29.0 Å². The van der Waals surface area contributed by atoms with Crippen LogP contribution in [0.15, 0.2) is 46.0 Å². The van der Waals surface area contributed by atoms with Gasteiger partial charge in [0.1, 0.15) is 5.82 Å². The average Bonchev–Trinajstić information content (AvgIpc) is 2.89. The van der Waals surface area contributed by atoms with Crippen LogP contribution in [0, 0.1) is 0 Å². The molecule has 1 aromatic heterocycles. The van der Waals surface area contributed by atoms with Crippen molar-refractivity contribution in [2.24, 2.45) is 5.84 Å². The molecule has 1 heterocycles. The van der Waals surface area contributed by atoms with Gasteiger partial charge in [-0.3, -0.25) is 5.84 Å². The van der Waals surface area contributed by atoms with Crippen molar-refractivity contribution in [3.63, 3.8) is 0 Å². The summed E-state index contributed by atoms with van der Waals surface area (Å²) >= 11 is 5.25. The molecule has 108 valence electrons. The molecule has 0 radical (unpaired) electrons. The van der Waals surface area contributed by atoms with E-state index in [1.54, 1.807) is 11.8 Å².